The molecule has 7 nitrogen and oxygen atoms in total. The van der Waals surface area contributed by atoms with E-state index in [0.717, 1.165) is 76.1 Å². The molecular weight excluding hydrogens is 316 g/mol. The normalized spacial score (nSPS) is 21.6. The first-order valence-corrected chi connectivity index (χ1v) is 9.07. The van der Waals surface area contributed by atoms with Crippen molar-refractivity contribution in [3.8, 4) is 0 Å². The van der Waals surface area contributed by atoms with Gasteiger partial charge in [0.2, 0.25) is 0 Å². The number of pyridine rings is 1. The van der Waals surface area contributed by atoms with Crippen molar-refractivity contribution in [2.45, 2.75) is 38.5 Å². The molecule has 0 unspecified atom stereocenters. The first-order valence-electron chi connectivity index (χ1n) is 9.07. The molecule has 1 spiro atoms. The summed E-state index contributed by atoms with van der Waals surface area (Å²) in [6, 6.07) is 6.12. The van der Waals surface area contributed by atoms with Crippen LogP contribution in [-0.4, -0.2) is 68.4 Å². The molecular formula is C18H26N6O. The van der Waals surface area contributed by atoms with Gasteiger partial charge >= 0.3 is 0 Å². The number of hydrogen-bond donors (Lipinski definition) is 1. The Balaban J connectivity index is 1.32. The molecule has 2 aliphatic heterocycles. The number of piperidine rings is 1. The summed E-state index contributed by atoms with van der Waals surface area (Å²) in [4.78, 5) is 13.8. The summed E-state index contributed by atoms with van der Waals surface area (Å²) in [6.45, 7) is 8.50. The zero-order valence-electron chi connectivity index (χ0n) is 14.8. The quantitative estimate of drug-likeness (QED) is 0.905. The van der Waals surface area contributed by atoms with Crippen molar-refractivity contribution in [3.05, 3.63) is 41.7 Å². The highest BCUT2D eigenvalue weighted by Crippen LogP contribution is 2.31. The van der Waals surface area contributed by atoms with E-state index >= 15 is 0 Å². The SMILES string of the molecule is Cc1nc(CN2CCOC3(CCN(Cc4ccccn4)CC3)C2)n[nH]1. The number of ether oxygens (including phenoxy) is 1. The van der Waals surface area contributed by atoms with Crippen molar-refractivity contribution in [1.29, 1.82) is 0 Å². The number of nitrogens with one attached hydrogen (secondary N) is 1. The third-order valence-corrected chi connectivity index (χ3v) is 5.22. The zero-order valence-corrected chi connectivity index (χ0v) is 14.8. The first kappa shape index (κ1) is 16.6. The van der Waals surface area contributed by atoms with Crippen molar-refractivity contribution < 1.29 is 4.74 Å². The third kappa shape index (κ3) is 4.05. The van der Waals surface area contributed by atoms with Crippen LogP contribution in [0.25, 0.3) is 0 Å². The maximum absolute atomic E-state index is 6.25. The molecule has 1 N–H and O–H groups in total. The smallest absolute Gasteiger partial charge is 0.164 e. The molecule has 0 amide bonds. The summed E-state index contributed by atoms with van der Waals surface area (Å²) in [7, 11) is 0. The first-order chi connectivity index (χ1) is 12.2. The second-order valence-electron chi connectivity index (χ2n) is 7.18. The molecule has 134 valence electrons. The van der Waals surface area contributed by atoms with Gasteiger partial charge in [0.25, 0.3) is 0 Å². The van der Waals surface area contributed by atoms with Gasteiger partial charge < -0.3 is 4.74 Å². The van der Waals surface area contributed by atoms with Gasteiger partial charge in [0.05, 0.1) is 24.4 Å². The highest BCUT2D eigenvalue weighted by Gasteiger charge is 2.39. The predicted molar refractivity (Wildman–Crippen MR) is 93.8 cm³/mol. The van der Waals surface area contributed by atoms with Gasteiger partial charge in [-0.1, -0.05) is 6.07 Å². The zero-order chi connectivity index (χ0) is 17.1. The number of H-pyrrole nitrogens is 1. The second kappa shape index (κ2) is 7.19. The minimum Gasteiger partial charge on any atom is -0.372 e. The number of aromatic nitrogens is 4. The summed E-state index contributed by atoms with van der Waals surface area (Å²) >= 11 is 0. The molecule has 4 rings (SSSR count). The van der Waals surface area contributed by atoms with E-state index in [0.29, 0.717) is 0 Å². The van der Waals surface area contributed by atoms with E-state index in [2.05, 4.69) is 42.1 Å². The topological polar surface area (TPSA) is 70.2 Å². The molecule has 7 heteroatoms. The number of nitrogens with zero attached hydrogens (tertiary/aromatic N) is 5. The Morgan fingerprint density at radius 3 is 2.76 bits per heavy atom. The van der Waals surface area contributed by atoms with Gasteiger partial charge in [-0.05, 0) is 31.9 Å². The van der Waals surface area contributed by atoms with Crippen LogP contribution >= 0.6 is 0 Å². The average Bonchev–Trinajstić information content (AvgIpc) is 3.03. The van der Waals surface area contributed by atoms with Gasteiger partial charge in [0.1, 0.15) is 5.82 Å². The minimum absolute atomic E-state index is 0.00970. The van der Waals surface area contributed by atoms with Gasteiger partial charge in [-0.15, -0.1) is 0 Å². The number of aromatic amines is 1. The predicted octanol–water partition coefficient (Wildman–Crippen LogP) is 1.38. The van der Waals surface area contributed by atoms with Gasteiger partial charge in [0.15, 0.2) is 5.82 Å². The summed E-state index contributed by atoms with van der Waals surface area (Å²) < 4.78 is 6.25. The van der Waals surface area contributed by atoms with Crippen molar-refractivity contribution in [1.82, 2.24) is 30.0 Å². The molecule has 0 radical (unpaired) electrons. The highest BCUT2D eigenvalue weighted by atomic mass is 16.5. The molecule has 2 saturated heterocycles. The molecule has 0 saturated carbocycles. The molecule has 4 heterocycles. The number of hydrogen-bond acceptors (Lipinski definition) is 6. The van der Waals surface area contributed by atoms with Gasteiger partial charge in [-0.3, -0.25) is 19.9 Å². The van der Waals surface area contributed by atoms with Crippen LogP contribution in [0.1, 0.15) is 30.2 Å². The van der Waals surface area contributed by atoms with E-state index in [9.17, 15) is 0 Å². The number of morpholine rings is 1. The fraction of sp³-hybridized carbons (Fsp3) is 0.611. The summed E-state index contributed by atoms with van der Waals surface area (Å²) in [5, 5.41) is 7.20. The van der Waals surface area contributed by atoms with E-state index in [1.807, 2.05) is 19.2 Å². The maximum Gasteiger partial charge on any atom is 0.164 e. The average molecular weight is 342 g/mol. The number of aryl methyl sites for hydroxylation is 1. The molecule has 2 aromatic heterocycles. The van der Waals surface area contributed by atoms with Crippen LogP contribution in [-0.2, 0) is 17.8 Å². The van der Waals surface area contributed by atoms with Crippen molar-refractivity contribution in [2.75, 3.05) is 32.8 Å². The standard InChI is InChI=1S/C18H26N6O/c1-15-20-17(22-21-15)13-24-10-11-25-18(14-24)5-8-23(9-6-18)12-16-4-2-3-7-19-16/h2-4,7H,5-6,8-14H2,1H3,(H,20,21,22). The Labute approximate surface area is 148 Å². The molecule has 0 aliphatic carbocycles. The van der Waals surface area contributed by atoms with Crippen LogP contribution in [0.4, 0.5) is 0 Å². The van der Waals surface area contributed by atoms with E-state index in [1.165, 1.54) is 0 Å². The number of likely N-dealkylation sites (tertiary alicyclic amines) is 1. The van der Waals surface area contributed by atoms with Crippen LogP contribution in [0.5, 0.6) is 0 Å². The van der Waals surface area contributed by atoms with E-state index in [4.69, 9.17) is 4.74 Å². The largest absolute Gasteiger partial charge is 0.372 e. The Morgan fingerprint density at radius 1 is 1.16 bits per heavy atom. The lowest BCUT2D eigenvalue weighted by atomic mass is 9.89. The number of rotatable bonds is 4. The molecule has 0 aromatic carbocycles. The van der Waals surface area contributed by atoms with E-state index in [1.54, 1.807) is 0 Å². The Kier molecular flexibility index (Phi) is 4.78. The van der Waals surface area contributed by atoms with E-state index in [-0.39, 0.29) is 5.60 Å². The monoisotopic (exact) mass is 342 g/mol. The second-order valence-corrected chi connectivity index (χ2v) is 7.18. The maximum atomic E-state index is 6.25. The molecule has 25 heavy (non-hydrogen) atoms. The van der Waals surface area contributed by atoms with Crippen molar-refractivity contribution in [2.24, 2.45) is 0 Å². The summed E-state index contributed by atoms with van der Waals surface area (Å²) in [6.07, 6.45) is 4.01. The van der Waals surface area contributed by atoms with Crippen LogP contribution in [0.15, 0.2) is 24.4 Å². The Morgan fingerprint density at radius 2 is 2.04 bits per heavy atom. The van der Waals surface area contributed by atoms with Crippen LogP contribution < -0.4 is 0 Å². The van der Waals surface area contributed by atoms with Crippen LogP contribution in [0.3, 0.4) is 0 Å². The van der Waals surface area contributed by atoms with Gasteiger partial charge in [-0.2, -0.15) is 5.10 Å². The van der Waals surface area contributed by atoms with Crippen molar-refractivity contribution >= 4 is 0 Å². The van der Waals surface area contributed by atoms with Crippen LogP contribution in [0.2, 0.25) is 0 Å². The fourth-order valence-electron chi connectivity index (χ4n) is 3.86. The molecule has 0 atom stereocenters. The van der Waals surface area contributed by atoms with Crippen LogP contribution in [0, 0.1) is 6.92 Å². The lowest BCUT2D eigenvalue weighted by molar-refractivity contribution is -0.138. The lowest BCUT2D eigenvalue weighted by Gasteiger charge is -2.47. The van der Waals surface area contributed by atoms with E-state index < -0.39 is 0 Å². The molecule has 2 fully saturated rings. The molecule has 0 bridgehead atoms. The Bertz CT molecular complexity index is 680. The highest BCUT2D eigenvalue weighted by molar-refractivity contribution is 5.04. The third-order valence-electron chi connectivity index (χ3n) is 5.22. The molecule has 2 aromatic rings. The minimum atomic E-state index is -0.00970. The van der Waals surface area contributed by atoms with Crippen molar-refractivity contribution in [3.63, 3.8) is 0 Å². The molecule has 2 aliphatic rings. The summed E-state index contributed by atoms with van der Waals surface area (Å²) in [5.74, 6) is 1.75. The van der Waals surface area contributed by atoms with Gasteiger partial charge in [0, 0.05) is 38.9 Å². The Hall–Kier alpha value is -1.83. The lowest BCUT2D eigenvalue weighted by Crippen LogP contribution is -2.56. The van der Waals surface area contributed by atoms with Gasteiger partial charge in [-0.25, -0.2) is 4.98 Å². The fourth-order valence-corrected chi connectivity index (χ4v) is 3.86. The summed E-state index contributed by atoms with van der Waals surface area (Å²) in [5.41, 5.74) is 1.13.